The minimum absolute atomic E-state index is 0.0840. The number of halogens is 1. The number of hydrogen-bond acceptors (Lipinski definition) is 5. The molecule has 9 heteroatoms. The fraction of sp³-hybridized carbons (Fsp3) is 0.263. The van der Waals surface area contributed by atoms with Crippen LogP contribution in [-0.4, -0.2) is 35.4 Å². The Morgan fingerprint density at radius 1 is 1.29 bits per heavy atom. The van der Waals surface area contributed by atoms with Crippen molar-refractivity contribution in [3.63, 3.8) is 0 Å². The fourth-order valence-corrected chi connectivity index (χ4v) is 5.44. The molecule has 3 aromatic rings. The number of carbonyl (C=O) groups excluding carboxylic acids is 1. The first-order valence-electron chi connectivity index (χ1n) is 8.80. The lowest BCUT2D eigenvalue weighted by Crippen LogP contribution is -2.51. The highest BCUT2D eigenvalue weighted by Gasteiger charge is 2.38. The molecule has 1 aliphatic rings. The number of sulfonamides is 1. The Bertz CT molecular complexity index is 1160. The number of anilines is 1. The molecule has 1 aromatic heterocycles. The van der Waals surface area contributed by atoms with Gasteiger partial charge >= 0.3 is 0 Å². The lowest BCUT2D eigenvalue weighted by Gasteiger charge is -2.34. The van der Waals surface area contributed by atoms with Gasteiger partial charge < -0.3 is 5.32 Å². The van der Waals surface area contributed by atoms with Crippen molar-refractivity contribution in [3.05, 3.63) is 59.4 Å². The zero-order valence-electron chi connectivity index (χ0n) is 15.1. The highest BCUT2D eigenvalue weighted by Crippen LogP contribution is 2.29. The second-order valence-corrected chi connectivity index (χ2v) is 9.80. The average Bonchev–Trinajstić information content (AvgIpc) is 3.08. The predicted molar refractivity (Wildman–Crippen MR) is 107 cm³/mol. The van der Waals surface area contributed by atoms with Crippen LogP contribution in [0.15, 0.2) is 42.5 Å². The summed E-state index contributed by atoms with van der Waals surface area (Å²) in [6.45, 7) is 1.72. The monoisotopic (exact) mass is 419 g/mol. The molecule has 2 aromatic carbocycles. The summed E-state index contributed by atoms with van der Waals surface area (Å²) < 4.78 is 40.5. The van der Waals surface area contributed by atoms with Gasteiger partial charge in [-0.05, 0) is 42.7 Å². The zero-order valence-corrected chi connectivity index (χ0v) is 16.7. The van der Waals surface area contributed by atoms with Gasteiger partial charge in [0, 0.05) is 6.54 Å². The third kappa shape index (κ3) is 3.52. The maximum atomic E-state index is 13.4. The largest absolute Gasteiger partial charge is 0.301 e. The molecule has 1 N–H and O–H groups in total. The lowest BCUT2D eigenvalue weighted by atomic mass is 9.95. The van der Waals surface area contributed by atoms with Crippen LogP contribution in [0.1, 0.15) is 18.1 Å². The third-order valence-corrected chi connectivity index (χ3v) is 7.57. The number of aromatic nitrogens is 1. The standard InChI is InChI=1S/C19H18FN3O3S2/c1-2-28(25,26)23-11-13-6-4-3-5-12(13)9-16(23)18(24)22-19-21-15-8-7-14(20)10-17(15)27-19/h3-8,10,16H,2,9,11H2,1H3,(H,21,22,24)/t16-/m1/s1. The summed E-state index contributed by atoms with van der Waals surface area (Å²) in [6.07, 6.45) is 0.292. The van der Waals surface area contributed by atoms with Crippen molar-refractivity contribution < 1.29 is 17.6 Å². The number of rotatable bonds is 4. The molecule has 0 aliphatic carbocycles. The molecule has 0 saturated carbocycles. The van der Waals surface area contributed by atoms with E-state index in [1.807, 2.05) is 24.3 Å². The SMILES string of the molecule is CCS(=O)(=O)N1Cc2ccccc2C[C@@H]1C(=O)Nc1nc2ccc(F)cc2s1. The average molecular weight is 420 g/mol. The topological polar surface area (TPSA) is 79.4 Å². The second-order valence-electron chi connectivity index (χ2n) is 6.55. The van der Waals surface area contributed by atoms with E-state index < -0.39 is 22.0 Å². The molecule has 0 unspecified atom stereocenters. The second kappa shape index (κ2) is 7.23. The Morgan fingerprint density at radius 3 is 2.79 bits per heavy atom. The summed E-state index contributed by atoms with van der Waals surface area (Å²) in [5.74, 6) is -0.900. The van der Waals surface area contributed by atoms with Crippen LogP contribution in [0, 0.1) is 5.82 Å². The van der Waals surface area contributed by atoms with Crippen molar-refractivity contribution in [1.82, 2.24) is 9.29 Å². The van der Waals surface area contributed by atoms with Crippen molar-refractivity contribution in [2.75, 3.05) is 11.1 Å². The van der Waals surface area contributed by atoms with Gasteiger partial charge in [-0.15, -0.1) is 0 Å². The number of hydrogen-bond donors (Lipinski definition) is 1. The number of amides is 1. The maximum Gasteiger partial charge on any atom is 0.244 e. The quantitative estimate of drug-likeness (QED) is 0.705. The number of nitrogens with one attached hydrogen (secondary N) is 1. The highest BCUT2D eigenvalue weighted by molar-refractivity contribution is 7.89. The molecule has 0 bridgehead atoms. The van der Waals surface area contributed by atoms with Gasteiger partial charge in [-0.3, -0.25) is 4.79 Å². The van der Waals surface area contributed by atoms with Crippen LogP contribution in [0.2, 0.25) is 0 Å². The van der Waals surface area contributed by atoms with Crippen LogP contribution in [-0.2, 0) is 27.8 Å². The summed E-state index contributed by atoms with van der Waals surface area (Å²) in [4.78, 5) is 17.3. The Hall–Kier alpha value is -2.36. The van der Waals surface area contributed by atoms with Gasteiger partial charge in [-0.1, -0.05) is 35.6 Å². The summed E-state index contributed by atoms with van der Waals surface area (Å²) in [7, 11) is -3.57. The number of carbonyl (C=O) groups is 1. The molecule has 0 radical (unpaired) electrons. The summed E-state index contributed by atoms with van der Waals surface area (Å²) >= 11 is 1.15. The van der Waals surface area contributed by atoms with Crippen LogP contribution in [0.3, 0.4) is 0 Å². The van der Waals surface area contributed by atoms with E-state index in [4.69, 9.17) is 0 Å². The minimum Gasteiger partial charge on any atom is -0.301 e. The third-order valence-electron chi connectivity index (χ3n) is 4.81. The smallest absolute Gasteiger partial charge is 0.244 e. The Kier molecular flexibility index (Phi) is 4.90. The minimum atomic E-state index is -3.57. The molecule has 0 saturated heterocycles. The van der Waals surface area contributed by atoms with E-state index in [1.54, 1.807) is 13.0 Å². The first kappa shape index (κ1) is 19.0. The van der Waals surface area contributed by atoms with Crippen molar-refractivity contribution in [2.45, 2.75) is 25.9 Å². The van der Waals surface area contributed by atoms with Crippen molar-refractivity contribution in [1.29, 1.82) is 0 Å². The molecular formula is C19H18FN3O3S2. The van der Waals surface area contributed by atoms with Crippen LogP contribution in [0.25, 0.3) is 10.2 Å². The summed E-state index contributed by atoms with van der Waals surface area (Å²) in [5.41, 5.74) is 2.43. The van der Waals surface area contributed by atoms with E-state index in [0.29, 0.717) is 21.8 Å². The van der Waals surface area contributed by atoms with Gasteiger partial charge in [-0.25, -0.2) is 17.8 Å². The molecular weight excluding hydrogens is 401 g/mol. The van der Waals surface area contributed by atoms with Crippen LogP contribution >= 0.6 is 11.3 Å². The Labute approximate surface area is 166 Å². The van der Waals surface area contributed by atoms with Gasteiger partial charge in [0.15, 0.2) is 5.13 Å². The molecule has 0 spiro atoms. The van der Waals surface area contributed by atoms with Crippen LogP contribution in [0.5, 0.6) is 0 Å². The fourth-order valence-electron chi connectivity index (χ4n) is 3.32. The van der Waals surface area contributed by atoms with E-state index in [-0.39, 0.29) is 18.1 Å². The Morgan fingerprint density at radius 2 is 2.04 bits per heavy atom. The van der Waals surface area contributed by atoms with E-state index in [2.05, 4.69) is 10.3 Å². The van der Waals surface area contributed by atoms with Gasteiger partial charge in [0.1, 0.15) is 11.9 Å². The number of fused-ring (bicyclic) bond motifs is 2. The highest BCUT2D eigenvalue weighted by atomic mass is 32.2. The van der Waals surface area contributed by atoms with Gasteiger partial charge in [0.05, 0.1) is 16.0 Å². The number of thiazole rings is 1. The lowest BCUT2D eigenvalue weighted by molar-refractivity contribution is -0.120. The molecule has 1 amide bonds. The molecule has 1 aliphatic heterocycles. The van der Waals surface area contributed by atoms with Gasteiger partial charge in [0.2, 0.25) is 15.9 Å². The molecule has 1 atom stereocenters. The first-order chi connectivity index (χ1) is 13.4. The van der Waals surface area contributed by atoms with E-state index in [0.717, 1.165) is 22.5 Å². The van der Waals surface area contributed by atoms with Crippen molar-refractivity contribution in [2.24, 2.45) is 0 Å². The normalized spacial score (nSPS) is 17.4. The molecule has 6 nitrogen and oxygen atoms in total. The number of nitrogens with zero attached hydrogens (tertiary/aromatic N) is 2. The summed E-state index contributed by atoms with van der Waals surface area (Å²) in [6, 6.07) is 10.9. The van der Waals surface area contributed by atoms with Crippen molar-refractivity contribution >= 4 is 42.6 Å². The Balaban J connectivity index is 1.65. The van der Waals surface area contributed by atoms with E-state index in [1.165, 1.54) is 16.4 Å². The van der Waals surface area contributed by atoms with E-state index >= 15 is 0 Å². The van der Waals surface area contributed by atoms with Crippen LogP contribution in [0.4, 0.5) is 9.52 Å². The van der Waals surface area contributed by atoms with Gasteiger partial charge in [-0.2, -0.15) is 4.31 Å². The van der Waals surface area contributed by atoms with E-state index in [9.17, 15) is 17.6 Å². The molecule has 28 heavy (non-hydrogen) atoms. The van der Waals surface area contributed by atoms with Crippen molar-refractivity contribution in [3.8, 4) is 0 Å². The molecule has 2 heterocycles. The molecule has 4 rings (SSSR count). The van der Waals surface area contributed by atoms with Gasteiger partial charge in [0.25, 0.3) is 0 Å². The predicted octanol–water partition coefficient (Wildman–Crippen LogP) is 3.15. The zero-order chi connectivity index (χ0) is 19.9. The molecule has 0 fully saturated rings. The van der Waals surface area contributed by atoms with Crippen LogP contribution < -0.4 is 5.32 Å². The summed E-state index contributed by atoms with van der Waals surface area (Å²) in [5, 5.41) is 3.04. The number of benzene rings is 2. The molecule has 146 valence electrons. The first-order valence-corrected chi connectivity index (χ1v) is 11.2. The maximum absolute atomic E-state index is 13.4.